The number of nitrogens with two attached hydrogens (primary N) is 1. The fourth-order valence-corrected chi connectivity index (χ4v) is 3.62. The van der Waals surface area contributed by atoms with E-state index in [0.29, 0.717) is 24.9 Å². The van der Waals surface area contributed by atoms with Crippen LogP contribution in [0.5, 0.6) is 0 Å². The number of likely N-dealkylation sites (tertiary alicyclic amines) is 1. The first-order valence-corrected chi connectivity index (χ1v) is 7.03. The zero-order chi connectivity index (χ0) is 13.2. The summed E-state index contributed by atoms with van der Waals surface area (Å²) in [6, 6.07) is -1.33. The maximum absolute atomic E-state index is 13.0. The van der Waals surface area contributed by atoms with Crippen molar-refractivity contribution >= 4 is 0 Å². The van der Waals surface area contributed by atoms with Gasteiger partial charge in [-0.25, -0.2) is 0 Å². The van der Waals surface area contributed by atoms with Crippen molar-refractivity contribution in [1.82, 2.24) is 4.90 Å². The van der Waals surface area contributed by atoms with Crippen molar-refractivity contribution in [3.8, 4) is 0 Å². The molecule has 0 aromatic heterocycles. The normalized spacial score (nSPS) is 32.0. The summed E-state index contributed by atoms with van der Waals surface area (Å²) in [5.41, 5.74) is 5.34. The van der Waals surface area contributed by atoms with Gasteiger partial charge >= 0.3 is 6.18 Å². The Bertz CT molecular complexity index is 267. The first kappa shape index (κ1) is 14.1. The molecule has 2 nitrogen and oxygen atoms in total. The number of fused-ring (bicyclic) bond motifs is 1. The summed E-state index contributed by atoms with van der Waals surface area (Å²) >= 11 is 0. The molecule has 1 aliphatic carbocycles. The summed E-state index contributed by atoms with van der Waals surface area (Å²) in [6.07, 6.45) is 1.58. The second-order valence-corrected chi connectivity index (χ2v) is 5.72. The number of rotatable bonds is 3. The standard InChI is InChI=1S/C13H23F3N2/c14-13(15,16)12(5-7-17)18-8-6-10-3-1-2-4-11(10)9-18/h10-12H,1-9,17H2. The minimum absolute atomic E-state index is 0.0287. The molecule has 0 amide bonds. The molecule has 106 valence electrons. The topological polar surface area (TPSA) is 29.3 Å². The maximum atomic E-state index is 13.0. The van der Waals surface area contributed by atoms with Gasteiger partial charge in [-0.1, -0.05) is 19.3 Å². The predicted molar refractivity (Wildman–Crippen MR) is 65.2 cm³/mol. The number of nitrogens with zero attached hydrogens (tertiary/aromatic N) is 1. The highest BCUT2D eigenvalue weighted by atomic mass is 19.4. The largest absolute Gasteiger partial charge is 0.404 e. The average Bonchev–Trinajstić information content (AvgIpc) is 2.34. The molecule has 2 fully saturated rings. The molecular formula is C13H23F3N2. The lowest BCUT2D eigenvalue weighted by molar-refractivity contribution is -0.191. The molecule has 1 aliphatic heterocycles. The Kier molecular flexibility index (Phi) is 4.54. The van der Waals surface area contributed by atoms with Gasteiger partial charge in [0.1, 0.15) is 6.04 Å². The third kappa shape index (κ3) is 3.18. The molecule has 0 bridgehead atoms. The van der Waals surface area contributed by atoms with E-state index in [-0.39, 0.29) is 13.0 Å². The maximum Gasteiger partial charge on any atom is 0.404 e. The minimum Gasteiger partial charge on any atom is -0.330 e. The van der Waals surface area contributed by atoms with Crippen LogP contribution in [0.2, 0.25) is 0 Å². The zero-order valence-electron chi connectivity index (χ0n) is 10.8. The highest BCUT2D eigenvalue weighted by Gasteiger charge is 2.45. The molecule has 0 radical (unpaired) electrons. The summed E-state index contributed by atoms with van der Waals surface area (Å²) in [6.45, 7) is 1.31. The second kappa shape index (κ2) is 5.78. The number of hydrogen-bond acceptors (Lipinski definition) is 2. The smallest absolute Gasteiger partial charge is 0.330 e. The van der Waals surface area contributed by atoms with Crippen LogP contribution in [0.1, 0.15) is 38.5 Å². The van der Waals surface area contributed by atoms with Crippen LogP contribution in [0.25, 0.3) is 0 Å². The fraction of sp³-hybridized carbons (Fsp3) is 1.00. The van der Waals surface area contributed by atoms with Crippen molar-refractivity contribution in [2.45, 2.75) is 50.7 Å². The predicted octanol–water partition coefficient (Wildman–Crippen LogP) is 2.78. The molecule has 0 aromatic rings. The van der Waals surface area contributed by atoms with Crippen LogP contribution in [-0.4, -0.2) is 36.8 Å². The Morgan fingerprint density at radius 3 is 2.39 bits per heavy atom. The van der Waals surface area contributed by atoms with Gasteiger partial charge in [-0.15, -0.1) is 0 Å². The Morgan fingerprint density at radius 2 is 1.78 bits per heavy atom. The average molecular weight is 264 g/mol. The summed E-state index contributed by atoms with van der Waals surface area (Å²) in [7, 11) is 0. The van der Waals surface area contributed by atoms with Crippen molar-refractivity contribution in [3.05, 3.63) is 0 Å². The highest BCUT2D eigenvalue weighted by Crippen LogP contribution is 2.38. The number of piperidine rings is 1. The number of halogens is 3. The molecule has 1 heterocycles. The molecule has 5 heteroatoms. The van der Waals surface area contributed by atoms with Gasteiger partial charge in [0.25, 0.3) is 0 Å². The van der Waals surface area contributed by atoms with Crippen LogP contribution >= 0.6 is 0 Å². The fourth-order valence-electron chi connectivity index (χ4n) is 3.62. The van der Waals surface area contributed by atoms with Crippen LogP contribution in [0.15, 0.2) is 0 Å². The van der Waals surface area contributed by atoms with Crippen LogP contribution in [0.3, 0.4) is 0 Å². The Hall–Kier alpha value is -0.290. The van der Waals surface area contributed by atoms with E-state index in [9.17, 15) is 13.2 Å². The Morgan fingerprint density at radius 1 is 1.11 bits per heavy atom. The molecule has 0 aromatic carbocycles. The minimum atomic E-state index is -4.14. The molecule has 3 unspecified atom stereocenters. The van der Waals surface area contributed by atoms with E-state index in [1.807, 2.05) is 0 Å². The van der Waals surface area contributed by atoms with Gasteiger partial charge in [-0.3, -0.25) is 4.90 Å². The van der Waals surface area contributed by atoms with Gasteiger partial charge in [-0.2, -0.15) is 13.2 Å². The van der Waals surface area contributed by atoms with E-state index in [2.05, 4.69) is 0 Å². The summed E-state index contributed by atoms with van der Waals surface area (Å²) < 4.78 is 39.1. The Balaban J connectivity index is 1.99. The molecule has 2 N–H and O–H groups in total. The van der Waals surface area contributed by atoms with E-state index in [1.54, 1.807) is 4.90 Å². The van der Waals surface area contributed by atoms with Gasteiger partial charge in [0.15, 0.2) is 0 Å². The van der Waals surface area contributed by atoms with Gasteiger partial charge in [0.05, 0.1) is 0 Å². The van der Waals surface area contributed by atoms with Crippen molar-refractivity contribution in [2.24, 2.45) is 17.6 Å². The SMILES string of the molecule is NCCC(N1CCC2CCCCC2C1)C(F)(F)F. The van der Waals surface area contributed by atoms with Gasteiger partial charge in [0.2, 0.25) is 0 Å². The highest BCUT2D eigenvalue weighted by molar-refractivity contribution is 4.88. The monoisotopic (exact) mass is 264 g/mol. The van der Waals surface area contributed by atoms with E-state index in [4.69, 9.17) is 5.73 Å². The second-order valence-electron chi connectivity index (χ2n) is 5.72. The molecular weight excluding hydrogens is 241 g/mol. The summed E-state index contributed by atoms with van der Waals surface area (Å²) in [5.74, 6) is 1.15. The van der Waals surface area contributed by atoms with Gasteiger partial charge in [-0.05, 0) is 44.2 Å². The van der Waals surface area contributed by atoms with Gasteiger partial charge < -0.3 is 5.73 Å². The van der Waals surface area contributed by atoms with Crippen LogP contribution in [-0.2, 0) is 0 Å². The lowest BCUT2D eigenvalue weighted by Gasteiger charge is -2.44. The van der Waals surface area contributed by atoms with Crippen molar-refractivity contribution in [1.29, 1.82) is 0 Å². The molecule has 1 saturated heterocycles. The molecule has 2 aliphatic rings. The van der Waals surface area contributed by atoms with Crippen LogP contribution in [0.4, 0.5) is 13.2 Å². The van der Waals surface area contributed by atoms with E-state index in [1.165, 1.54) is 19.3 Å². The molecule has 0 spiro atoms. The first-order valence-electron chi connectivity index (χ1n) is 7.03. The third-order valence-corrected chi connectivity index (χ3v) is 4.58. The summed E-state index contributed by atoms with van der Waals surface area (Å²) in [4.78, 5) is 1.64. The molecule has 18 heavy (non-hydrogen) atoms. The lowest BCUT2D eigenvalue weighted by atomic mass is 9.75. The van der Waals surface area contributed by atoms with Crippen molar-refractivity contribution in [3.63, 3.8) is 0 Å². The van der Waals surface area contributed by atoms with Crippen molar-refractivity contribution < 1.29 is 13.2 Å². The Labute approximate surface area is 107 Å². The molecule has 3 atom stereocenters. The third-order valence-electron chi connectivity index (χ3n) is 4.58. The van der Waals surface area contributed by atoms with Gasteiger partial charge in [0, 0.05) is 6.54 Å². The van der Waals surface area contributed by atoms with Crippen molar-refractivity contribution in [2.75, 3.05) is 19.6 Å². The van der Waals surface area contributed by atoms with Crippen LogP contribution in [0, 0.1) is 11.8 Å². The van der Waals surface area contributed by atoms with Crippen LogP contribution < -0.4 is 5.73 Å². The van der Waals surface area contributed by atoms with E-state index >= 15 is 0 Å². The molecule has 2 rings (SSSR count). The molecule has 1 saturated carbocycles. The lowest BCUT2D eigenvalue weighted by Crippen LogP contribution is -2.53. The number of hydrogen-bond donors (Lipinski definition) is 1. The first-order chi connectivity index (χ1) is 8.52. The summed E-state index contributed by atoms with van der Waals surface area (Å²) in [5, 5.41) is 0. The zero-order valence-corrected chi connectivity index (χ0v) is 10.8. The van der Waals surface area contributed by atoms with E-state index < -0.39 is 12.2 Å². The quantitative estimate of drug-likeness (QED) is 0.849. The van der Waals surface area contributed by atoms with E-state index in [0.717, 1.165) is 12.8 Å². The number of alkyl halides is 3.